The fourth-order valence-corrected chi connectivity index (χ4v) is 4.87. The minimum absolute atomic E-state index is 0.0264. The molecule has 166 valence electrons. The number of aromatic hydroxyl groups is 1. The number of phenolic OH excluding ortho intramolecular Hbond substituents is 1. The first-order chi connectivity index (χ1) is 14.7. The van der Waals surface area contributed by atoms with Crippen LogP contribution < -0.4 is 5.32 Å². The number of hydrogen-bond donors (Lipinski definition) is 2. The number of hydrogen-bond acceptors (Lipinski definition) is 6. The quantitative estimate of drug-likeness (QED) is 0.631. The topological polar surface area (TPSA) is 113 Å². The van der Waals surface area contributed by atoms with E-state index in [4.69, 9.17) is 16.3 Å². The van der Waals surface area contributed by atoms with E-state index in [2.05, 4.69) is 5.32 Å². The molecule has 1 aliphatic rings. The highest BCUT2D eigenvalue weighted by atomic mass is 35.5. The van der Waals surface area contributed by atoms with Gasteiger partial charge in [0.1, 0.15) is 5.75 Å². The van der Waals surface area contributed by atoms with Crippen LogP contribution in [0.2, 0.25) is 5.02 Å². The standard InChI is InChI=1S/C21H23ClN2O6S/c1-14(30-21(27)15-6-5-7-16(25)12-15)20(26)23-19-13-17(8-9-18(19)22)31(28,29)24-10-3-2-4-11-24/h5-9,12-14,25H,2-4,10-11H2,1H3,(H,23,26)/t14-/m1/s1. The first kappa shape index (κ1) is 23.1. The summed E-state index contributed by atoms with van der Waals surface area (Å²) in [7, 11) is -3.70. The van der Waals surface area contributed by atoms with Gasteiger partial charge in [0.25, 0.3) is 5.91 Å². The number of carbonyl (C=O) groups is 2. The Hall–Kier alpha value is -2.62. The molecule has 0 aliphatic carbocycles. The van der Waals surface area contributed by atoms with Gasteiger partial charge in [-0.05, 0) is 56.2 Å². The van der Waals surface area contributed by atoms with Crippen molar-refractivity contribution in [3.63, 3.8) is 0 Å². The van der Waals surface area contributed by atoms with Crippen molar-refractivity contribution in [3.05, 3.63) is 53.1 Å². The van der Waals surface area contributed by atoms with E-state index in [0.717, 1.165) is 19.3 Å². The fraction of sp³-hybridized carbons (Fsp3) is 0.333. The number of anilines is 1. The number of ether oxygens (including phenoxy) is 1. The monoisotopic (exact) mass is 466 g/mol. The second-order valence-corrected chi connectivity index (χ2v) is 9.54. The van der Waals surface area contributed by atoms with Crippen molar-refractivity contribution in [2.24, 2.45) is 0 Å². The molecule has 1 aliphatic heterocycles. The second kappa shape index (κ2) is 9.67. The Balaban J connectivity index is 1.72. The van der Waals surface area contributed by atoms with E-state index < -0.39 is 28.0 Å². The van der Waals surface area contributed by atoms with Crippen molar-refractivity contribution in [3.8, 4) is 5.75 Å². The summed E-state index contributed by atoms with van der Waals surface area (Å²) in [4.78, 5) is 24.7. The van der Waals surface area contributed by atoms with E-state index in [9.17, 15) is 23.1 Å². The van der Waals surface area contributed by atoms with Crippen LogP contribution in [0.1, 0.15) is 36.5 Å². The molecule has 0 bridgehead atoms. The molecule has 1 heterocycles. The molecule has 0 saturated carbocycles. The predicted molar refractivity (Wildman–Crippen MR) is 116 cm³/mol. The van der Waals surface area contributed by atoms with Gasteiger partial charge in [-0.2, -0.15) is 4.31 Å². The van der Waals surface area contributed by atoms with Crippen molar-refractivity contribution in [2.75, 3.05) is 18.4 Å². The largest absolute Gasteiger partial charge is 0.508 e. The van der Waals surface area contributed by atoms with E-state index in [0.29, 0.717) is 13.1 Å². The average Bonchev–Trinajstić information content (AvgIpc) is 2.75. The lowest BCUT2D eigenvalue weighted by Crippen LogP contribution is -2.35. The molecule has 8 nitrogen and oxygen atoms in total. The van der Waals surface area contributed by atoms with Crippen LogP contribution in [-0.2, 0) is 19.6 Å². The minimum Gasteiger partial charge on any atom is -0.508 e. The number of phenols is 1. The number of halogens is 1. The van der Waals surface area contributed by atoms with Crippen molar-refractivity contribution in [1.29, 1.82) is 0 Å². The fourth-order valence-electron chi connectivity index (χ4n) is 3.16. The third-order valence-corrected chi connectivity index (χ3v) is 7.11. The van der Waals surface area contributed by atoms with Crippen LogP contribution in [0.15, 0.2) is 47.4 Å². The number of carbonyl (C=O) groups excluding carboxylic acids is 2. The van der Waals surface area contributed by atoms with Crippen LogP contribution in [0.25, 0.3) is 0 Å². The van der Waals surface area contributed by atoms with Gasteiger partial charge in [0.2, 0.25) is 10.0 Å². The van der Waals surface area contributed by atoms with Crippen LogP contribution in [-0.4, -0.2) is 48.9 Å². The molecule has 1 saturated heterocycles. The highest BCUT2D eigenvalue weighted by Crippen LogP contribution is 2.28. The number of esters is 1. The van der Waals surface area contributed by atoms with Crippen LogP contribution in [0.4, 0.5) is 5.69 Å². The molecule has 0 aromatic heterocycles. The van der Waals surface area contributed by atoms with Crippen molar-refractivity contribution >= 4 is 39.2 Å². The second-order valence-electron chi connectivity index (χ2n) is 7.19. The Morgan fingerprint density at radius 1 is 1.13 bits per heavy atom. The maximum absolute atomic E-state index is 12.9. The van der Waals surface area contributed by atoms with Crippen LogP contribution in [0.5, 0.6) is 5.75 Å². The lowest BCUT2D eigenvalue weighted by atomic mass is 10.2. The lowest BCUT2D eigenvalue weighted by Gasteiger charge is -2.26. The van der Waals surface area contributed by atoms with Crippen LogP contribution in [0, 0.1) is 0 Å². The Bertz CT molecular complexity index is 1080. The van der Waals surface area contributed by atoms with Gasteiger partial charge in [0.15, 0.2) is 6.10 Å². The highest BCUT2D eigenvalue weighted by Gasteiger charge is 2.27. The summed E-state index contributed by atoms with van der Waals surface area (Å²) in [6.07, 6.45) is 1.41. The zero-order valence-electron chi connectivity index (χ0n) is 16.9. The summed E-state index contributed by atoms with van der Waals surface area (Å²) in [6, 6.07) is 9.64. The predicted octanol–water partition coefficient (Wildman–Crippen LogP) is 3.40. The summed E-state index contributed by atoms with van der Waals surface area (Å²) in [6.45, 7) is 2.28. The van der Waals surface area contributed by atoms with Gasteiger partial charge in [-0.15, -0.1) is 0 Å². The van der Waals surface area contributed by atoms with E-state index in [-0.39, 0.29) is 26.9 Å². The van der Waals surface area contributed by atoms with Crippen LogP contribution in [0.3, 0.4) is 0 Å². The van der Waals surface area contributed by atoms with Gasteiger partial charge < -0.3 is 15.2 Å². The van der Waals surface area contributed by atoms with Gasteiger partial charge in [-0.3, -0.25) is 4.79 Å². The third kappa shape index (κ3) is 5.55. The molecule has 1 atom stereocenters. The molecule has 3 rings (SSSR count). The molecule has 2 aromatic carbocycles. The molecule has 10 heteroatoms. The molecule has 2 N–H and O–H groups in total. The maximum Gasteiger partial charge on any atom is 0.339 e. The van der Waals surface area contributed by atoms with Gasteiger partial charge in [-0.1, -0.05) is 24.1 Å². The summed E-state index contributed by atoms with van der Waals surface area (Å²) in [5.41, 5.74) is 0.192. The number of rotatable bonds is 6. The molecule has 2 aromatic rings. The van der Waals surface area contributed by atoms with E-state index in [1.165, 1.54) is 53.7 Å². The van der Waals surface area contributed by atoms with E-state index in [1.807, 2.05) is 0 Å². The minimum atomic E-state index is -3.70. The zero-order chi connectivity index (χ0) is 22.6. The molecule has 31 heavy (non-hydrogen) atoms. The Morgan fingerprint density at radius 2 is 1.84 bits per heavy atom. The van der Waals surface area contributed by atoms with Crippen molar-refractivity contribution in [2.45, 2.75) is 37.2 Å². The highest BCUT2D eigenvalue weighted by molar-refractivity contribution is 7.89. The number of nitrogens with zero attached hydrogens (tertiary/aromatic N) is 1. The summed E-state index contributed by atoms with van der Waals surface area (Å²) in [5.74, 6) is -1.57. The number of amides is 1. The SMILES string of the molecule is C[C@@H](OC(=O)c1cccc(O)c1)C(=O)Nc1cc(S(=O)(=O)N2CCCCC2)ccc1Cl. The smallest absolute Gasteiger partial charge is 0.339 e. The molecular weight excluding hydrogens is 444 g/mol. The maximum atomic E-state index is 12.9. The number of sulfonamides is 1. The zero-order valence-corrected chi connectivity index (χ0v) is 18.4. The Morgan fingerprint density at radius 3 is 2.52 bits per heavy atom. The number of nitrogens with one attached hydrogen (secondary N) is 1. The van der Waals surface area contributed by atoms with E-state index in [1.54, 1.807) is 0 Å². The van der Waals surface area contributed by atoms with Crippen molar-refractivity contribution < 1.29 is 27.9 Å². The Kier molecular flexibility index (Phi) is 7.19. The molecule has 0 unspecified atom stereocenters. The molecule has 1 fully saturated rings. The van der Waals surface area contributed by atoms with Gasteiger partial charge >= 0.3 is 5.97 Å². The van der Waals surface area contributed by atoms with Crippen molar-refractivity contribution in [1.82, 2.24) is 4.31 Å². The number of piperidine rings is 1. The molecule has 0 spiro atoms. The summed E-state index contributed by atoms with van der Waals surface area (Å²) >= 11 is 6.14. The normalized spacial score (nSPS) is 15.8. The van der Waals surface area contributed by atoms with Gasteiger partial charge in [0.05, 0.1) is 21.2 Å². The summed E-state index contributed by atoms with van der Waals surface area (Å²) in [5, 5.41) is 12.1. The molecular formula is C21H23ClN2O6S. The van der Waals surface area contributed by atoms with Crippen LogP contribution >= 0.6 is 11.6 Å². The first-order valence-corrected chi connectivity index (χ1v) is 11.6. The first-order valence-electron chi connectivity index (χ1n) is 9.79. The number of benzene rings is 2. The van der Waals surface area contributed by atoms with Gasteiger partial charge in [0, 0.05) is 13.1 Å². The third-order valence-electron chi connectivity index (χ3n) is 4.88. The van der Waals surface area contributed by atoms with Gasteiger partial charge in [-0.25, -0.2) is 13.2 Å². The molecule has 1 amide bonds. The summed E-state index contributed by atoms with van der Waals surface area (Å²) < 4.78 is 32.3. The van der Waals surface area contributed by atoms with E-state index >= 15 is 0 Å². The lowest BCUT2D eigenvalue weighted by molar-refractivity contribution is -0.123. The Labute approximate surface area is 185 Å². The molecule has 0 radical (unpaired) electrons. The average molecular weight is 467 g/mol.